The molecule has 0 unspecified atom stereocenters. The number of benzene rings is 1. The lowest BCUT2D eigenvalue weighted by Gasteiger charge is -2.24. The number of aliphatic hydroxyl groups is 1. The predicted octanol–water partition coefficient (Wildman–Crippen LogP) is 4.82. The van der Waals surface area contributed by atoms with Crippen molar-refractivity contribution in [3.05, 3.63) is 54.0 Å². The first-order valence-corrected chi connectivity index (χ1v) is 9.86. The fourth-order valence-corrected chi connectivity index (χ4v) is 3.38. The number of nitrogens with zero attached hydrogens (tertiary/aromatic N) is 4. The highest BCUT2D eigenvalue weighted by atomic mass is 19.4. The standard InChI is InChI=1S/C22H25F3N4O2/c1-5-31-20-11-17(6-7-19(20)22(23,24)25)28(4)21-18(12-27-29(21)13-15(3)30)16-8-9-26-14(2)10-16/h6-12,15,30H,5,13H2,1-4H3/t15-/m1/s1. The summed E-state index contributed by atoms with van der Waals surface area (Å²) in [6, 6.07) is 7.52. The quantitative estimate of drug-likeness (QED) is 0.578. The molecule has 0 amide bonds. The number of halogens is 3. The van der Waals surface area contributed by atoms with Gasteiger partial charge in [0.2, 0.25) is 0 Å². The smallest absolute Gasteiger partial charge is 0.419 e. The Labute approximate surface area is 178 Å². The van der Waals surface area contributed by atoms with Crippen molar-refractivity contribution in [2.45, 2.75) is 39.6 Å². The van der Waals surface area contributed by atoms with E-state index < -0.39 is 17.8 Å². The van der Waals surface area contributed by atoms with Gasteiger partial charge in [0, 0.05) is 36.3 Å². The molecular weight excluding hydrogens is 409 g/mol. The summed E-state index contributed by atoms with van der Waals surface area (Å²) in [5.74, 6) is 0.399. The SMILES string of the molecule is CCOc1cc(N(C)c2c(-c3ccnc(C)c3)cnn2C[C@@H](C)O)ccc1C(F)(F)F. The zero-order valence-corrected chi connectivity index (χ0v) is 17.8. The zero-order valence-electron chi connectivity index (χ0n) is 17.8. The summed E-state index contributed by atoms with van der Waals surface area (Å²) in [7, 11) is 1.74. The zero-order chi connectivity index (χ0) is 22.8. The Morgan fingerprint density at radius 2 is 1.97 bits per heavy atom. The van der Waals surface area contributed by atoms with E-state index in [0.29, 0.717) is 11.5 Å². The molecule has 1 atom stereocenters. The van der Waals surface area contributed by atoms with E-state index in [1.807, 2.05) is 19.1 Å². The minimum atomic E-state index is -4.52. The average Bonchev–Trinajstić information content (AvgIpc) is 3.09. The Bertz CT molecular complexity index is 1050. The van der Waals surface area contributed by atoms with Crippen LogP contribution in [-0.2, 0) is 12.7 Å². The topological polar surface area (TPSA) is 63.4 Å². The van der Waals surface area contributed by atoms with E-state index in [4.69, 9.17) is 4.74 Å². The van der Waals surface area contributed by atoms with Crippen molar-refractivity contribution < 1.29 is 23.0 Å². The van der Waals surface area contributed by atoms with Crippen molar-refractivity contribution in [3.63, 3.8) is 0 Å². The number of hydrogen-bond acceptors (Lipinski definition) is 5. The summed E-state index contributed by atoms with van der Waals surface area (Å²) in [5.41, 5.74) is 2.13. The molecule has 0 spiro atoms. The Balaban J connectivity index is 2.13. The van der Waals surface area contributed by atoms with Gasteiger partial charge in [0.05, 0.1) is 31.0 Å². The molecule has 166 valence electrons. The number of aliphatic hydroxyl groups excluding tert-OH is 1. The number of aryl methyl sites for hydroxylation is 1. The molecule has 3 aromatic rings. The van der Waals surface area contributed by atoms with Gasteiger partial charge in [0.1, 0.15) is 11.6 Å². The van der Waals surface area contributed by atoms with Gasteiger partial charge in [-0.25, -0.2) is 4.68 Å². The number of rotatable bonds is 7. The van der Waals surface area contributed by atoms with E-state index in [1.54, 1.807) is 42.9 Å². The highest BCUT2D eigenvalue weighted by molar-refractivity contribution is 5.80. The minimum absolute atomic E-state index is 0.109. The third-order valence-corrected chi connectivity index (χ3v) is 4.73. The summed E-state index contributed by atoms with van der Waals surface area (Å²) in [6.07, 6.45) is -1.82. The van der Waals surface area contributed by atoms with Gasteiger partial charge < -0.3 is 14.7 Å². The molecule has 1 N–H and O–H groups in total. The van der Waals surface area contributed by atoms with Gasteiger partial charge in [-0.15, -0.1) is 0 Å². The fourth-order valence-electron chi connectivity index (χ4n) is 3.38. The van der Waals surface area contributed by atoms with Gasteiger partial charge in [-0.3, -0.25) is 4.98 Å². The van der Waals surface area contributed by atoms with Crippen LogP contribution >= 0.6 is 0 Å². The number of ether oxygens (including phenoxy) is 1. The van der Waals surface area contributed by atoms with E-state index in [-0.39, 0.29) is 18.9 Å². The first-order valence-electron chi connectivity index (χ1n) is 9.86. The van der Waals surface area contributed by atoms with Crippen molar-refractivity contribution >= 4 is 11.5 Å². The lowest BCUT2D eigenvalue weighted by Crippen LogP contribution is -2.20. The molecule has 0 saturated heterocycles. The van der Waals surface area contributed by atoms with Crippen LogP contribution in [0.2, 0.25) is 0 Å². The van der Waals surface area contributed by atoms with Crippen LogP contribution in [0.25, 0.3) is 11.1 Å². The van der Waals surface area contributed by atoms with Crippen LogP contribution < -0.4 is 9.64 Å². The third kappa shape index (κ3) is 4.99. The maximum absolute atomic E-state index is 13.4. The molecule has 1 aromatic carbocycles. The fraction of sp³-hybridized carbons (Fsp3) is 0.364. The Morgan fingerprint density at radius 1 is 1.23 bits per heavy atom. The molecule has 0 aliphatic carbocycles. The summed E-state index contributed by atoms with van der Waals surface area (Å²) < 4.78 is 47.0. The third-order valence-electron chi connectivity index (χ3n) is 4.73. The second-order valence-electron chi connectivity index (χ2n) is 7.27. The first-order chi connectivity index (χ1) is 14.6. The summed E-state index contributed by atoms with van der Waals surface area (Å²) in [5, 5.41) is 14.3. The van der Waals surface area contributed by atoms with E-state index >= 15 is 0 Å². The second-order valence-corrected chi connectivity index (χ2v) is 7.27. The van der Waals surface area contributed by atoms with Gasteiger partial charge >= 0.3 is 6.18 Å². The largest absolute Gasteiger partial charge is 0.493 e. The molecule has 0 fully saturated rings. The van der Waals surface area contributed by atoms with Gasteiger partial charge in [-0.2, -0.15) is 18.3 Å². The molecule has 0 saturated carbocycles. The van der Waals surface area contributed by atoms with Gasteiger partial charge in [0.25, 0.3) is 0 Å². The highest BCUT2D eigenvalue weighted by Crippen LogP contribution is 2.41. The van der Waals surface area contributed by atoms with Gasteiger partial charge in [-0.05, 0) is 50.6 Å². The molecule has 0 aliphatic heterocycles. The highest BCUT2D eigenvalue weighted by Gasteiger charge is 2.35. The van der Waals surface area contributed by atoms with Crippen LogP contribution in [0, 0.1) is 6.92 Å². The normalized spacial score (nSPS) is 12.6. The molecule has 9 heteroatoms. The monoisotopic (exact) mass is 434 g/mol. The minimum Gasteiger partial charge on any atom is -0.493 e. The Kier molecular flexibility index (Phi) is 6.54. The van der Waals surface area contributed by atoms with Crippen molar-refractivity contribution in [2.75, 3.05) is 18.6 Å². The van der Waals surface area contributed by atoms with E-state index in [9.17, 15) is 18.3 Å². The van der Waals surface area contributed by atoms with Crippen molar-refractivity contribution in [3.8, 4) is 16.9 Å². The molecule has 2 aromatic heterocycles. The number of alkyl halides is 3. The summed E-state index contributed by atoms with van der Waals surface area (Å²) >= 11 is 0. The molecular formula is C22H25F3N4O2. The molecule has 0 bridgehead atoms. The van der Waals surface area contributed by atoms with E-state index in [0.717, 1.165) is 22.9 Å². The van der Waals surface area contributed by atoms with Crippen molar-refractivity contribution in [1.82, 2.24) is 14.8 Å². The van der Waals surface area contributed by atoms with Crippen LogP contribution in [0.5, 0.6) is 5.75 Å². The number of aromatic nitrogens is 3. The molecule has 31 heavy (non-hydrogen) atoms. The van der Waals surface area contributed by atoms with Crippen LogP contribution in [0.3, 0.4) is 0 Å². The second kappa shape index (κ2) is 8.97. The van der Waals surface area contributed by atoms with E-state index in [2.05, 4.69) is 10.1 Å². The summed E-state index contributed by atoms with van der Waals surface area (Å²) in [6.45, 7) is 5.49. The first kappa shape index (κ1) is 22.6. The average molecular weight is 434 g/mol. The maximum Gasteiger partial charge on any atom is 0.419 e. The number of hydrogen-bond donors (Lipinski definition) is 1. The van der Waals surface area contributed by atoms with Crippen LogP contribution in [0.4, 0.5) is 24.7 Å². The molecule has 3 rings (SSSR count). The maximum atomic E-state index is 13.4. The summed E-state index contributed by atoms with van der Waals surface area (Å²) in [4.78, 5) is 5.95. The predicted molar refractivity (Wildman–Crippen MR) is 113 cm³/mol. The number of pyridine rings is 1. The van der Waals surface area contributed by atoms with Gasteiger partial charge in [-0.1, -0.05) is 0 Å². The lowest BCUT2D eigenvalue weighted by molar-refractivity contribution is -0.138. The van der Waals surface area contributed by atoms with Crippen LogP contribution in [0.15, 0.2) is 42.7 Å². The Hall–Kier alpha value is -3.07. The van der Waals surface area contributed by atoms with Crippen LogP contribution in [0.1, 0.15) is 25.1 Å². The van der Waals surface area contributed by atoms with E-state index in [1.165, 1.54) is 12.1 Å². The molecule has 6 nitrogen and oxygen atoms in total. The van der Waals surface area contributed by atoms with Crippen LogP contribution in [-0.4, -0.2) is 39.6 Å². The number of anilines is 2. The molecule has 0 aliphatic rings. The van der Waals surface area contributed by atoms with Gasteiger partial charge in [0.15, 0.2) is 0 Å². The van der Waals surface area contributed by atoms with Crippen molar-refractivity contribution in [1.29, 1.82) is 0 Å². The van der Waals surface area contributed by atoms with Crippen molar-refractivity contribution in [2.24, 2.45) is 0 Å². The molecule has 0 radical (unpaired) electrons. The Morgan fingerprint density at radius 3 is 2.58 bits per heavy atom. The lowest BCUT2D eigenvalue weighted by atomic mass is 10.1. The molecule has 2 heterocycles.